The predicted molar refractivity (Wildman–Crippen MR) is 77.5 cm³/mol. The molecule has 0 amide bonds. The fourth-order valence-corrected chi connectivity index (χ4v) is 4.50. The van der Waals surface area contributed by atoms with Crippen LogP contribution < -0.4 is 5.73 Å². The number of nitrogens with two attached hydrogens (primary N) is 1. The largest absolute Gasteiger partial charge is 0.399 e. The lowest BCUT2D eigenvalue weighted by atomic mass is 10.2. The molecule has 0 saturated carbocycles. The zero-order chi connectivity index (χ0) is 15.0. The normalized spacial score (nSPS) is 20.0. The van der Waals surface area contributed by atoms with E-state index in [9.17, 15) is 12.8 Å². The summed E-state index contributed by atoms with van der Waals surface area (Å²) in [5.41, 5.74) is 6.50. The Kier molecular flexibility index (Phi) is 3.46. The standard InChI is InChI=1S/C14H16FN3O2S/c15-10-7-11(16)9-12(8-10)21(19,20)18-6-2-4-14(18)13-3-1-5-17-13/h1,3,5,7-9,14,17H,2,4,6,16H2. The van der Waals surface area contributed by atoms with Gasteiger partial charge in [0.05, 0.1) is 10.9 Å². The average Bonchev–Trinajstić information content (AvgIpc) is 3.08. The number of nitrogen functional groups attached to an aromatic ring is 1. The van der Waals surface area contributed by atoms with Gasteiger partial charge in [-0.15, -0.1) is 0 Å². The monoisotopic (exact) mass is 309 g/mol. The fourth-order valence-electron chi connectivity index (χ4n) is 2.76. The number of anilines is 1. The van der Waals surface area contributed by atoms with Gasteiger partial charge in [0, 0.05) is 24.1 Å². The highest BCUT2D eigenvalue weighted by molar-refractivity contribution is 7.89. The van der Waals surface area contributed by atoms with Crippen molar-refractivity contribution in [1.29, 1.82) is 0 Å². The number of nitrogens with zero attached hydrogens (tertiary/aromatic N) is 1. The maximum absolute atomic E-state index is 13.4. The number of hydrogen-bond acceptors (Lipinski definition) is 3. The molecular formula is C14H16FN3O2S. The van der Waals surface area contributed by atoms with Gasteiger partial charge in [-0.3, -0.25) is 0 Å². The lowest BCUT2D eigenvalue weighted by Gasteiger charge is -2.23. The zero-order valence-corrected chi connectivity index (χ0v) is 12.1. The van der Waals surface area contributed by atoms with E-state index < -0.39 is 15.8 Å². The number of nitrogens with one attached hydrogen (secondary N) is 1. The van der Waals surface area contributed by atoms with Gasteiger partial charge < -0.3 is 10.7 Å². The minimum Gasteiger partial charge on any atom is -0.399 e. The molecule has 2 aromatic rings. The van der Waals surface area contributed by atoms with Crippen molar-refractivity contribution >= 4 is 15.7 Å². The van der Waals surface area contributed by atoms with Crippen LogP contribution in [0.2, 0.25) is 0 Å². The number of benzene rings is 1. The van der Waals surface area contributed by atoms with E-state index in [1.165, 1.54) is 10.4 Å². The van der Waals surface area contributed by atoms with E-state index in [4.69, 9.17) is 5.73 Å². The van der Waals surface area contributed by atoms with Crippen LogP contribution in [-0.2, 0) is 10.0 Å². The van der Waals surface area contributed by atoms with Gasteiger partial charge in [0.15, 0.2) is 0 Å². The Balaban J connectivity index is 2.01. The van der Waals surface area contributed by atoms with E-state index in [0.717, 1.165) is 30.7 Å². The van der Waals surface area contributed by atoms with Crippen LogP contribution in [0, 0.1) is 5.82 Å². The lowest BCUT2D eigenvalue weighted by Crippen LogP contribution is -2.31. The number of aromatic amines is 1. The highest BCUT2D eigenvalue weighted by Gasteiger charge is 2.36. The molecule has 1 atom stereocenters. The first-order valence-corrected chi connectivity index (χ1v) is 8.14. The van der Waals surface area contributed by atoms with Crippen molar-refractivity contribution in [2.45, 2.75) is 23.8 Å². The molecule has 0 bridgehead atoms. The molecule has 112 valence electrons. The van der Waals surface area contributed by atoms with Crippen molar-refractivity contribution in [1.82, 2.24) is 9.29 Å². The van der Waals surface area contributed by atoms with E-state index in [0.29, 0.717) is 6.54 Å². The van der Waals surface area contributed by atoms with Crippen LogP contribution in [0.1, 0.15) is 24.6 Å². The molecule has 1 saturated heterocycles. The molecule has 3 rings (SSSR count). The molecule has 1 unspecified atom stereocenters. The first kappa shape index (κ1) is 14.1. The van der Waals surface area contributed by atoms with Crippen LogP contribution in [0.5, 0.6) is 0 Å². The van der Waals surface area contributed by atoms with Gasteiger partial charge in [0.25, 0.3) is 0 Å². The number of aromatic nitrogens is 1. The third-order valence-corrected chi connectivity index (χ3v) is 5.57. The van der Waals surface area contributed by atoms with Gasteiger partial charge in [-0.2, -0.15) is 4.31 Å². The van der Waals surface area contributed by atoms with E-state index in [2.05, 4.69) is 4.98 Å². The molecule has 1 aliphatic heterocycles. The second-order valence-corrected chi connectivity index (χ2v) is 7.01. The minimum absolute atomic E-state index is 0.0987. The molecule has 0 spiro atoms. The molecule has 2 heterocycles. The van der Waals surface area contributed by atoms with Gasteiger partial charge >= 0.3 is 0 Å². The molecule has 1 aliphatic rings. The van der Waals surface area contributed by atoms with E-state index in [1.54, 1.807) is 6.20 Å². The first-order chi connectivity index (χ1) is 9.98. The average molecular weight is 309 g/mol. The van der Waals surface area contributed by atoms with Crippen molar-refractivity contribution in [2.75, 3.05) is 12.3 Å². The van der Waals surface area contributed by atoms with E-state index in [1.807, 2.05) is 12.1 Å². The smallest absolute Gasteiger partial charge is 0.243 e. The topological polar surface area (TPSA) is 79.2 Å². The SMILES string of the molecule is Nc1cc(F)cc(S(=O)(=O)N2CCCC2c2ccc[nH]2)c1. The summed E-state index contributed by atoms with van der Waals surface area (Å²) in [6.45, 7) is 0.419. The highest BCUT2D eigenvalue weighted by Crippen LogP contribution is 2.36. The number of H-pyrrole nitrogens is 1. The number of hydrogen-bond donors (Lipinski definition) is 2. The summed E-state index contributed by atoms with van der Waals surface area (Å²) in [6.07, 6.45) is 3.27. The number of halogens is 1. The summed E-state index contributed by atoms with van der Waals surface area (Å²) in [5.74, 6) is -0.649. The molecule has 0 aliphatic carbocycles. The summed E-state index contributed by atoms with van der Waals surface area (Å²) >= 11 is 0. The Morgan fingerprint density at radius 1 is 1.33 bits per heavy atom. The predicted octanol–water partition coefficient (Wildman–Crippen LogP) is 2.26. The van der Waals surface area contributed by atoms with Crippen LogP contribution in [0.25, 0.3) is 0 Å². The van der Waals surface area contributed by atoms with Crippen LogP contribution in [0.4, 0.5) is 10.1 Å². The molecule has 0 radical (unpaired) electrons. The summed E-state index contributed by atoms with van der Waals surface area (Å²) in [4.78, 5) is 2.95. The molecule has 21 heavy (non-hydrogen) atoms. The van der Waals surface area contributed by atoms with Crippen LogP contribution in [-0.4, -0.2) is 24.3 Å². The molecular weight excluding hydrogens is 293 g/mol. The van der Waals surface area contributed by atoms with Gasteiger partial charge in [-0.1, -0.05) is 0 Å². The third kappa shape index (κ3) is 2.54. The van der Waals surface area contributed by atoms with Crippen molar-refractivity contribution in [3.8, 4) is 0 Å². The fraction of sp³-hybridized carbons (Fsp3) is 0.286. The molecule has 1 aromatic carbocycles. The van der Waals surface area contributed by atoms with Crippen molar-refractivity contribution in [3.63, 3.8) is 0 Å². The molecule has 3 N–H and O–H groups in total. The first-order valence-electron chi connectivity index (χ1n) is 6.70. The van der Waals surface area contributed by atoms with Gasteiger partial charge in [-0.05, 0) is 43.2 Å². The number of sulfonamides is 1. The van der Waals surface area contributed by atoms with Crippen LogP contribution in [0.3, 0.4) is 0 Å². The summed E-state index contributed by atoms with van der Waals surface area (Å²) in [6, 6.07) is 6.86. The zero-order valence-electron chi connectivity index (χ0n) is 11.3. The lowest BCUT2D eigenvalue weighted by molar-refractivity contribution is 0.391. The third-order valence-electron chi connectivity index (χ3n) is 3.68. The summed E-state index contributed by atoms with van der Waals surface area (Å²) < 4.78 is 40.3. The maximum Gasteiger partial charge on any atom is 0.243 e. The van der Waals surface area contributed by atoms with Gasteiger partial charge in [0.2, 0.25) is 10.0 Å². The van der Waals surface area contributed by atoms with E-state index in [-0.39, 0.29) is 16.6 Å². The summed E-state index contributed by atoms with van der Waals surface area (Å²) in [7, 11) is -3.77. The Labute approximate surface area is 122 Å². The van der Waals surface area contributed by atoms with Crippen LogP contribution in [0.15, 0.2) is 41.4 Å². The Morgan fingerprint density at radius 3 is 2.81 bits per heavy atom. The second-order valence-electron chi connectivity index (χ2n) is 5.12. The number of rotatable bonds is 3. The molecule has 5 nitrogen and oxygen atoms in total. The van der Waals surface area contributed by atoms with Crippen molar-refractivity contribution in [2.24, 2.45) is 0 Å². The Hall–Kier alpha value is -1.86. The van der Waals surface area contributed by atoms with E-state index >= 15 is 0 Å². The van der Waals surface area contributed by atoms with Crippen LogP contribution >= 0.6 is 0 Å². The quantitative estimate of drug-likeness (QED) is 0.854. The van der Waals surface area contributed by atoms with Gasteiger partial charge in [0.1, 0.15) is 5.82 Å². The highest BCUT2D eigenvalue weighted by atomic mass is 32.2. The summed E-state index contributed by atoms with van der Waals surface area (Å²) in [5, 5.41) is 0. The molecule has 1 fully saturated rings. The Morgan fingerprint density at radius 2 is 2.14 bits per heavy atom. The second kappa shape index (κ2) is 5.16. The van der Waals surface area contributed by atoms with Gasteiger partial charge in [-0.25, -0.2) is 12.8 Å². The Bertz CT molecular complexity index is 723. The molecule has 7 heteroatoms. The molecule has 1 aromatic heterocycles. The minimum atomic E-state index is -3.77. The maximum atomic E-state index is 13.4. The van der Waals surface area contributed by atoms with Crippen molar-refractivity contribution < 1.29 is 12.8 Å². The van der Waals surface area contributed by atoms with Crippen molar-refractivity contribution in [3.05, 3.63) is 48.0 Å².